The predicted octanol–water partition coefficient (Wildman–Crippen LogP) is 3.15. The van der Waals surface area contributed by atoms with Gasteiger partial charge in [-0.1, -0.05) is 6.92 Å². The highest BCUT2D eigenvalue weighted by Gasteiger charge is 2.21. The van der Waals surface area contributed by atoms with E-state index < -0.39 is 0 Å². The first kappa shape index (κ1) is 10.9. The van der Waals surface area contributed by atoms with E-state index in [1.807, 2.05) is 13.1 Å². The number of anilines is 1. The van der Waals surface area contributed by atoms with Crippen molar-refractivity contribution in [3.63, 3.8) is 0 Å². The lowest BCUT2D eigenvalue weighted by molar-refractivity contribution is 0.602. The minimum Gasteiger partial charge on any atom is -0.366 e. The molecule has 1 aliphatic rings. The Kier molecular flexibility index (Phi) is 3.24. The van der Waals surface area contributed by atoms with Gasteiger partial charge in [0, 0.05) is 12.2 Å². The van der Waals surface area contributed by atoms with Crippen molar-refractivity contribution in [2.45, 2.75) is 39.2 Å². The van der Waals surface area contributed by atoms with Gasteiger partial charge >= 0.3 is 0 Å². The Morgan fingerprint density at radius 2 is 2.27 bits per heavy atom. The second kappa shape index (κ2) is 4.47. The Morgan fingerprint density at radius 3 is 2.93 bits per heavy atom. The van der Waals surface area contributed by atoms with Crippen LogP contribution in [0.4, 0.5) is 5.82 Å². The first-order chi connectivity index (χ1) is 7.15. The van der Waals surface area contributed by atoms with E-state index in [1.165, 1.54) is 19.3 Å². The summed E-state index contributed by atoms with van der Waals surface area (Å²) in [6.07, 6.45) is 5.62. The Hall–Kier alpha value is -0.640. The second-order valence-corrected chi connectivity index (χ2v) is 5.23. The molecular weight excluding hydrogens is 254 g/mol. The van der Waals surface area contributed by atoms with Crippen LogP contribution < -0.4 is 5.32 Å². The van der Waals surface area contributed by atoms with Gasteiger partial charge in [0.15, 0.2) is 0 Å². The summed E-state index contributed by atoms with van der Waals surface area (Å²) in [7, 11) is 0. The summed E-state index contributed by atoms with van der Waals surface area (Å²) in [5.74, 6) is 2.58. The molecule has 15 heavy (non-hydrogen) atoms. The SMILES string of the molecule is Cc1ncc(Br)c(NC2CCC(C)C2)n1. The lowest BCUT2D eigenvalue weighted by atomic mass is 10.1. The molecule has 82 valence electrons. The quantitative estimate of drug-likeness (QED) is 0.897. The van der Waals surface area contributed by atoms with Crippen LogP contribution in [-0.2, 0) is 0 Å². The fourth-order valence-electron chi connectivity index (χ4n) is 2.09. The van der Waals surface area contributed by atoms with Gasteiger partial charge in [-0.05, 0) is 48.0 Å². The highest BCUT2D eigenvalue weighted by Crippen LogP contribution is 2.29. The molecule has 1 aromatic rings. The van der Waals surface area contributed by atoms with Crippen LogP contribution in [0, 0.1) is 12.8 Å². The van der Waals surface area contributed by atoms with E-state index in [-0.39, 0.29) is 0 Å². The molecule has 2 atom stereocenters. The number of hydrogen-bond acceptors (Lipinski definition) is 3. The van der Waals surface area contributed by atoms with Crippen LogP contribution in [0.1, 0.15) is 32.0 Å². The van der Waals surface area contributed by atoms with Gasteiger partial charge in [-0.25, -0.2) is 9.97 Å². The maximum absolute atomic E-state index is 4.39. The third-order valence-corrected chi connectivity index (χ3v) is 3.48. The van der Waals surface area contributed by atoms with E-state index in [0.29, 0.717) is 6.04 Å². The van der Waals surface area contributed by atoms with Crippen molar-refractivity contribution in [3.8, 4) is 0 Å². The topological polar surface area (TPSA) is 37.8 Å². The molecule has 1 aliphatic carbocycles. The maximum Gasteiger partial charge on any atom is 0.144 e. The fourth-order valence-corrected chi connectivity index (χ4v) is 2.39. The molecule has 0 radical (unpaired) electrons. The van der Waals surface area contributed by atoms with Crippen molar-refractivity contribution in [1.82, 2.24) is 9.97 Å². The molecule has 1 N–H and O–H groups in total. The molecule has 0 saturated heterocycles. The molecule has 1 aromatic heterocycles. The van der Waals surface area contributed by atoms with Gasteiger partial charge in [0.2, 0.25) is 0 Å². The van der Waals surface area contributed by atoms with E-state index in [0.717, 1.165) is 22.0 Å². The first-order valence-corrected chi connectivity index (χ1v) is 6.20. The van der Waals surface area contributed by atoms with E-state index in [9.17, 15) is 0 Å². The number of nitrogens with zero attached hydrogens (tertiary/aromatic N) is 2. The maximum atomic E-state index is 4.39. The number of hydrogen-bond donors (Lipinski definition) is 1. The van der Waals surface area contributed by atoms with Gasteiger partial charge in [0.1, 0.15) is 11.6 Å². The minimum absolute atomic E-state index is 0.575. The van der Waals surface area contributed by atoms with Crippen LogP contribution in [0.3, 0.4) is 0 Å². The lowest BCUT2D eigenvalue weighted by Gasteiger charge is -2.14. The zero-order valence-electron chi connectivity index (χ0n) is 9.13. The third-order valence-electron chi connectivity index (χ3n) is 2.90. The van der Waals surface area contributed by atoms with Crippen molar-refractivity contribution in [2.75, 3.05) is 5.32 Å². The van der Waals surface area contributed by atoms with Gasteiger partial charge in [0.25, 0.3) is 0 Å². The average Bonchev–Trinajstić information content (AvgIpc) is 2.58. The molecule has 3 nitrogen and oxygen atoms in total. The first-order valence-electron chi connectivity index (χ1n) is 5.41. The third kappa shape index (κ3) is 2.68. The number of nitrogens with one attached hydrogen (secondary N) is 1. The minimum atomic E-state index is 0.575. The summed E-state index contributed by atoms with van der Waals surface area (Å²) < 4.78 is 0.952. The zero-order valence-corrected chi connectivity index (χ0v) is 10.7. The van der Waals surface area contributed by atoms with E-state index >= 15 is 0 Å². The highest BCUT2D eigenvalue weighted by molar-refractivity contribution is 9.10. The highest BCUT2D eigenvalue weighted by atomic mass is 79.9. The summed E-state index contributed by atoms with van der Waals surface area (Å²) in [5.41, 5.74) is 0. The van der Waals surface area contributed by atoms with Crippen LogP contribution >= 0.6 is 15.9 Å². The normalized spacial score (nSPS) is 25.5. The molecule has 0 spiro atoms. The molecule has 2 unspecified atom stereocenters. The fraction of sp³-hybridized carbons (Fsp3) is 0.636. The summed E-state index contributed by atoms with van der Waals surface area (Å²) >= 11 is 3.47. The van der Waals surface area contributed by atoms with Crippen molar-refractivity contribution < 1.29 is 0 Å². The molecule has 1 heterocycles. The smallest absolute Gasteiger partial charge is 0.144 e. The van der Waals surface area contributed by atoms with Gasteiger partial charge in [-0.3, -0.25) is 0 Å². The summed E-state index contributed by atoms with van der Waals surface area (Å²) in [6.45, 7) is 4.22. The van der Waals surface area contributed by atoms with Crippen LogP contribution in [0.25, 0.3) is 0 Å². The second-order valence-electron chi connectivity index (χ2n) is 4.37. The molecule has 0 bridgehead atoms. The largest absolute Gasteiger partial charge is 0.366 e. The van der Waals surface area contributed by atoms with Crippen molar-refractivity contribution in [1.29, 1.82) is 0 Å². The molecule has 0 aliphatic heterocycles. The number of aryl methyl sites for hydroxylation is 1. The number of aromatic nitrogens is 2. The lowest BCUT2D eigenvalue weighted by Crippen LogP contribution is -2.17. The predicted molar refractivity (Wildman–Crippen MR) is 64.9 cm³/mol. The summed E-state index contributed by atoms with van der Waals surface area (Å²) in [5, 5.41) is 3.48. The summed E-state index contributed by atoms with van der Waals surface area (Å²) in [6, 6.07) is 0.575. The molecule has 0 amide bonds. The van der Waals surface area contributed by atoms with E-state index in [1.54, 1.807) is 0 Å². The van der Waals surface area contributed by atoms with E-state index in [4.69, 9.17) is 0 Å². The van der Waals surface area contributed by atoms with Crippen molar-refractivity contribution >= 4 is 21.7 Å². The molecule has 1 fully saturated rings. The van der Waals surface area contributed by atoms with Gasteiger partial charge in [0.05, 0.1) is 4.47 Å². The van der Waals surface area contributed by atoms with Crippen LogP contribution in [0.5, 0.6) is 0 Å². The van der Waals surface area contributed by atoms with Crippen LogP contribution in [-0.4, -0.2) is 16.0 Å². The number of rotatable bonds is 2. The average molecular weight is 270 g/mol. The van der Waals surface area contributed by atoms with Crippen LogP contribution in [0.15, 0.2) is 10.7 Å². The standard InChI is InChI=1S/C11H16BrN3/c1-7-3-4-9(5-7)15-11-10(12)6-13-8(2)14-11/h6-7,9H,3-5H2,1-2H3,(H,13,14,15). The Labute approximate surface area is 98.8 Å². The van der Waals surface area contributed by atoms with Crippen molar-refractivity contribution in [2.24, 2.45) is 5.92 Å². The van der Waals surface area contributed by atoms with Crippen molar-refractivity contribution in [3.05, 3.63) is 16.5 Å². The van der Waals surface area contributed by atoms with Gasteiger partial charge in [-0.2, -0.15) is 0 Å². The summed E-state index contributed by atoms with van der Waals surface area (Å²) in [4.78, 5) is 8.52. The molecular formula is C11H16BrN3. The van der Waals surface area contributed by atoms with Gasteiger partial charge in [-0.15, -0.1) is 0 Å². The Morgan fingerprint density at radius 1 is 1.47 bits per heavy atom. The zero-order chi connectivity index (χ0) is 10.8. The molecule has 4 heteroatoms. The van der Waals surface area contributed by atoms with E-state index in [2.05, 4.69) is 38.1 Å². The molecule has 1 saturated carbocycles. The van der Waals surface area contributed by atoms with Gasteiger partial charge < -0.3 is 5.32 Å². The van der Waals surface area contributed by atoms with Crippen LogP contribution in [0.2, 0.25) is 0 Å². The Balaban J connectivity index is 2.07. The Bertz CT molecular complexity index is 354. The molecule has 0 aromatic carbocycles. The number of halogens is 1. The monoisotopic (exact) mass is 269 g/mol. The molecule has 2 rings (SSSR count).